The zero-order chi connectivity index (χ0) is 12.2. The number of hydrogen-bond acceptors (Lipinski definition) is 3. The van der Waals surface area contributed by atoms with Gasteiger partial charge in [-0.3, -0.25) is 4.79 Å². The number of carbonyl (C=O) groups is 1. The monoisotopic (exact) mass is 249 g/mol. The second-order valence-corrected chi connectivity index (χ2v) is 6.26. The number of carboxylic acids is 1. The highest BCUT2D eigenvalue weighted by Gasteiger charge is 2.24. The normalized spacial score (nSPS) is 20.6. The topological polar surface area (TPSA) is 83.5 Å². The van der Waals surface area contributed by atoms with Gasteiger partial charge in [0, 0.05) is 0 Å². The summed E-state index contributed by atoms with van der Waals surface area (Å²) in [5.74, 6) is -0.899. The van der Waals surface area contributed by atoms with Crippen LogP contribution in [0.15, 0.2) is 0 Å². The number of sulfonamides is 1. The Balaban J connectivity index is 2.47. The Morgan fingerprint density at radius 1 is 1.38 bits per heavy atom. The molecule has 0 saturated heterocycles. The van der Waals surface area contributed by atoms with E-state index in [1.807, 2.05) is 0 Å². The van der Waals surface area contributed by atoms with Gasteiger partial charge in [0.15, 0.2) is 0 Å². The lowest BCUT2D eigenvalue weighted by atomic mass is 9.91. The molecule has 94 valence electrons. The lowest BCUT2D eigenvalue weighted by molar-refractivity contribution is -0.138. The Kier molecular flexibility index (Phi) is 4.73. The molecule has 16 heavy (non-hydrogen) atoms. The third kappa shape index (κ3) is 4.49. The summed E-state index contributed by atoms with van der Waals surface area (Å²) in [5.41, 5.74) is 0. The largest absolute Gasteiger partial charge is 0.480 e. The van der Waals surface area contributed by atoms with Crippen molar-refractivity contribution in [3.05, 3.63) is 0 Å². The molecule has 1 saturated carbocycles. The van der Waals surface area contributed by atoms with Crippen molar-refractivity contribution in [1.82, 2.24) is 4.72 Å². The third-order valence-electron chi connectivity index (χ3n) is 2.91. The van der Waals surface area contributed by atoms with Crippen LogP contribution in [0.2, 0.25) is 0 Å². The van der Waals surface area contributed by atoms with E-state index < -0.39 is 22.0 Å². The summed E-state index contributed by atoms with van der Waals surface area (Å²) >= 11 is 0. The Hall–Kier alpha value is -0.620. The van der Waals surface area contributed by atoms with Crippen LogP contribution in [-0.2, 0) is 14.8 Å². The summed E-state index contributed by atoms with van der Waals surface area (Å²) in [7, 11) is -3.46. The Morgan fingerprint density at radius 2 is 1.94 bits per heavy atom. The summed E-state index contributed by atoms with van der Waals surface area (Å²) in [6.45, 7) is 1.33. The zero-order valence-corrected chi connectivity index (χ0v) is 10.3. The SMILES string of the molecule is CC(NS(=O)(=O)CC1CCCCC1)C(=O)O. The van der Waals surface area contributed by atoms with E-state index in [2.05, 4.69) is 4.72 Å². The van der Waals surface area contributed by atoms with E-state index in [9.17, 15) is 13.2 Å². The average molecular weight is 249 g/mol. The van der Waals surface area contributed by atoms with Gasteiger partial charge in [-0.2, -0.15) is 0 Å². The molecule has 0 spiro atoms. The first-order valence-corrected chi connectivity index (χ1v) is 7.29. The Morgan fingerprint density at radius 3 is 2.44 bits per heavy atom. The Labute approximate surface area is 96.3 Å². The van der Waals surface area contributed by atoms with Crippen LogP contribution in [0, 0.1) is 5.92 Å². The van der Waals surface area contributed by atoms with Crippen LogP contribution in [0.3, 0.4) is 0 Å². The standard InChI is InChI=1S/C10H19NO4S/c1-8(10(12)13)11-16(14,15)7-9-5-3-2-4-6-9/h8-9,11H,2-7H2,1H3,(H,12,13). The van der Waals surface area contributed by atoms with Crippen molar-refractivity contribution in [1.29, 1.82) is 0 Å². The van der Waals surface area contributed by atoms with Gasteiger partial charge in [-0.1, -0.05) is 19.3 Å². The second kappa shape index (κ2) is 5.63. The van der Waals surface area contributed by atoms with Gasteiger partial charge in [0.05, 0.1) is 5.75 Å². The van der Waals surface area contributed by atoms with Crippen molar-refractivity contribution in [3.8, 4) is 0 Å². The minimum absolute atomic E-state index is 0.0601. The lowest BCUT2D eigenvalue weighted by Gasteiger charge is -2.21. The van der Waals surface area contributed by atoms with Crippen molar-refractivity contribution >= 4 is 16.0 Å². The van der Waals surface area contributed by atoms with Gasteiger partial charge >= 0.3 is 5.97 Å². The number of aliphatic carboxylic acids is 1. The van der Waals surface area contributed by atoms with Crippen LogP contribution in [0.4, 0.5) is 0 Å². The molecule has 0 heterocycles. The van der Waals surface area contributed by atoms with Crippen LogP contribution in [0.25, 0.3) is 0 Å². The maximum atomic E-state index is 11.6. The first-order chi connectivity index (χ1) is 7.41. The first-order valence-electron chi connectivity index (χ1n) is 5.63. The fraction of sp³-hybridized carbons (Fsp3) is 0.900. The number of carboxylic acid groups (broad SMARTS) is 1. The quantitative estimate of drug-likeness (QED) is 0.760. The van der Waals surface area contributed by atoms with Crippen LogP contribution in [0.1, 0.15) is 39.0 Å². The number of rotatable bonds is 5. The third-order valence-corrected chi connectivity index (χ3v) is 4.53. The molecule has 6 heteroatoms. The van der Waals surface area contributed by atoms with Crippen LogP contribution in [-0.4, -0.2) is 31.3 Å². The van der Waals surface area contributed by atoms with Gasteiger partial charge in [-0.25, -0.2) is 13.1 Å². The maximum absolute atomic E-state index is 11.6. The van der Waals surface area contributed by atoms with E-state index in [0.717, 1.165) is 25.7 Å². The van der Waals surface area contributed by atoms with Crippen LogP contribution >= 0.6 is 0 Å². The highest BCUT2D eigenvalue weighted by molar-refractivity contribution is 7.89. The molecule has 0 radical (unpaired) electrons. The van der Waals surface area contributed by atoms with Crippen molar-refractivity contribution in [3.63, 3.8) is 0 Å². The van der Waals surface area contributed by atoms with E-state index in [1.165, 1.54) is 13.3 Å². The predicted octanol–water partition coefficient (Wildman–Crippen LogP) is 0.959. The molecule has 1 aliphatic rings. The molecule has 1 rings (SSSR count). The van der Waals surface area contributed by atoms with Gasteiger partial charge in [-0.05, 0) is 25.7 Å². The maximum Gasteiger partial charge on any atom is 0.321 e. The summed E-state index contributed by atoms with van der Waals surface area (Å²) in [6.07, 6.45) is 5.20. The summed E-state index contributed by atoms with van der Waals surface area (Å²) in [5, 5.41) is 8.62. The fourth-order valence-electron chi connectivity index (χ4n) is 2.03. The molecule has 2 N–H and O–H groups in total. The molecule has 1 aliphatic carbocycles. The molecule has 0 aromatic carbocycles. The van der Waals surface area contributed by atoms with E-state index in [0.29, 0.717) is 0 Å². The number of nitrogens with one attached hydrogen (secondary N) is 1. The van der Waals surface area contributed by atoms with E-state index in [-0.39, 0.29) is 11.7 Å². The van der Waals surface area contributed by atoms with Crippen LogP contribution < -0.4 is 4.72 Å². The molecule has 0 bridgehead atoms. The van der Waals surface area contributed by atoms with E-state index in [4.69, 9.17) is 5.11 Å². The van der Waals surface area contributed by atoms with Crippen molar-refractivity contribution < 1.29 is 18.3 Å². The highest BCUT2D eigenvalue weighted by atomic mass is 32.2. The van der Waals surface area contributed by atoms with E-state index >= 15 is 0 Å². The van der Waals surface area contributed by atoms with Crippen LogP contribution in [0.5, 0.6) is 0 Å². The first kappa shape index (κ1) is 13.4. The minimum atomic E-state index is -3.46. The summed E-state index contributed by atoms with van der Waals surface area (Å²) in [6, 6.07) is -1.05. The summed E-state index contributed by atoms with van der Waals surface area (Å²) in [4.78, 5) is 10.5. The Bertz CT molecular complexity index is 333. The predicted molar refractivity (Wildman–Crippen MR) is 60.6 cm³/mol. The smallest absolute Gasteiger partial charge is 0.321 e. The molecule has 0 aromatic heterocycles. The van der Waals surface area contributed by atoms with E-state index in [1.54, 1.807) is 0 Å². The summed E-state index contributed by atoms with van der Waals surface area (Å²) < 4.78 is 25.5. The highest BCUT2D eigenvalue weighted by Crippen LogP contribution is 2.24. The lowest BCUT2D eigenvalue weighted by Crippen LogP contribution is -2.41. The molecule has 1 unspecified atom stereocenters. The molecule has 0 aromatic rings. The molecule has 1 atom stereocenters. The second-order valence-electron chi connectivity index (χ2n) is 4.46. The van der Waals surface area contributed by atoms with Crippen molar-refractivity contribution in [2.45, 2.75) is 45.1 Å². The van der Waals surface area contributed by atoms with Gasteiger partial charge in [-0.15, -0.1) is 0 Å². The fourth-order valence-corrected chi connectivity index (χ4v) is 3.72. The number of hydrogen-bond donors (Lipinski definition) is 2. The minimum Gasteiger partial charge on any atom is -0.480 e. The molecule has 1 fully saturated rings. The van der Waals surface area contributed by atoms with Gasteiger partial charge in [0.2, 0.25) is 10.0 Å². The van der Waals surface area contributed by atoms with Crippen molar-refractivity contribution in [2.75, 3.05) is 5.75 Å². The molecule has 0 amide bonds. The van der Waals surface area contributed by atoms with Gasteiger partial charge in [0.25, 0.3) is 0 Å². The average Bonchev–Trinajstić information content (AvgIpc) is 2.17. The van der Waals surface area contributed by atoms with Crippen molar-refractivity contribution in [2.24, 2.45) is 5.92 Å². The molecular weight excluding hydrogens is 230 g/mol. The molecule has 5 nitrogen and oxygen atoms in total. The van der Waals surface area contributed by atoms with Gasteiger partial charge in [0.1, 0.15) is 6.04 Å². The molecule has 0 aliphatic heterocycles. The molecular formula is C10H19NO4S. The van der Waals surface area contributed by atoms with Gasteiger partial charge < -0.3 is 5.11 Å². The zero-order valence-electron chi connectivity index (χ0n) is 9.48.